The van der Waals surface area contributed by atoms with Crippen molar-refractivity contribution in [2.24, 2.45) is 0 Å². The molecule has 0 N–H and O–H groups in total. The lowest BCUT2D eigenvalue weighted by molar-refractivity contribution is 0.0715. The van der Waals surface area contributed by atoms with Crippen LogP contribution in [-0.2, 0) is 0 Å². The number of carbonyl (C=O) groups excluding carboxylic acids is 2. The van der Waals surface area contributed by atoms with Gasteiger partial charge in [-0.1, -0.05) is 23.2 Å². The predicted molar refractivity (Wildman–Crippen MR) is 94.9 cm³/mol. The van der Waals surface area contributed by atoms with Crippen molar-refractivity contribution >= 4 is 35.0 Å². The van der Waals surface area contributed by atoms with E-state index < -0.39 is 0 Å². The van der Waals surface area contributed by atoms with Crippen LogP contribution in [0.1, 0.15) is 27.3 Å². The van der Waals surface area contributed by atoms with Crippen LogP contribution < -0.4 is 0 Å². The van der Waals surface area contributed by atoms with Crippen LogP contribution in [0, 0.1) is 0 Å². The fraction of sp³-hybridized carbons (Fsp3) is 0.294. The summed E-state index contributed by atoms with van der Waals surface area (Å²) in [5.74, 6) is -0.288. The molecule has 0 bridgehead atoms. The Morgan fingerprint density at radius 2 is 1.64 bits per heavy atom. The summed E-state index contributed by atoms with van der Waals surface area (Å²) in [7, 11) is 0. The third-order valence-electron chi connectivity index (χ3n) is 4.02. The maximum atomic E-state index is 12.7. The Kier molecular flexibility index (Phi) is 5.50. The third-order valence-corrected chi connectivity index (χ3v) is 4.76. The number of aromatic nitrogens is 2. The first-order chi connectivity index (χ1) is 12.1. The quantitative estimate of drug-likeness (QED) is 0.805. The van der Waals surface area contributed by atoms with Crippen molar-refractivity contribution in [3.8, 4) is 0 Å². The highest BCUT2D eigenvalue weighted by molar-refractivity contribution is 6.42. The molecule has 2 aromatic rings. The van der Waals surface area contributed by atoms with Crippen LogP contribution in [0.3, 0.4) is 0 Å². The van der Waals surface area contributed by atoms with E-state index in [2.05, 4.69) is 9.97 Å². The van der Waals surface area contributed by atoms with Gasteiger partial charge in [-0.2, -0.15) is 0 Å². The van der Waals surface area contributed by atoms with Crippen molar-refractivity contribution in [1.82, 2.24) is 19.8 Å². The second-order valence-electron chi connectivity index (χ2n) is 5.66. The molecule has 0 spiro atoms. The Hall–Kier alpha value is -2.18. The molecule has 1 saturated heterocycles. The van der Waals surface area contributed by atoms with Gasteiger partial charge < -0.3 is 9.80 Å². The Morgan fingerprint density at radius 3 is 2.28 bits per heavy atom. The maximum absolute atomic E-state index is 12.7. The molecule has 1 aliphatic rings. The van der Waals surface area contributed by atoms with Crippen molar-refractivity contribution in [1.29, 1.82) is 0 Å². The molecule has 0 radical (unpaired) electrons. The lowest BCUT2D eigenvalue weighted by Crippen LogP contribution is -2.37. The van der Waals surface area contributed by atoms with E-state index >= 15 is 0 Å². The highest BCUT2D eigenvalue weighted by Crippen LogP contribution is 2.23. The van der Waals surface area contributed by atoms with E-state index in [1.54, 1.807) is 28.0 Å². The summed E-state index contributed by atoms with van der Waals surface area (Å²) in [4.78, 5) is 36.5. The van der Waals surface area contributed by atoms with E-state index in [9.17, 15) is 9.59 Å². The molecule has 6 nitrogen and oxygen atoms in total. The summed E-state index contributed by atoms with van der Waals surface area (Å²) in [5.41, 5.74) is 0.801. The molecule has 1 fully saturated rings. The number of benzene rings is 1. The van der Waals surface area contributed by atoms with Crippen LogP contribution >= 0.6 is 23.2 Å². The van der Waals surface area contributed by atoms with E-state index in [-0.39, 0.29) is 11.8 Å². The molecular weight excluding hydrogens is 363 g/mol. The minimum absolute atomic E-state index is 0.118. The monoisotopic (exact) mass is 378 g/mol. The molecule has 0 saturated carbocycles. The summed E-state index contributed by atoms with van der Waals surface area (Å²) in [5, 5.41) is 0.761. The molecule has 0 atom stereocenters. The molecule has 8 heteroatoms. The first-order valence-electron chi connectivity index (χ1n) is 7.86. The SMILES string of the molecule is O=C(c1ccc(Cl)c(Cl)c1)N1CCCN(C(=O)c2cnccn2)CC1. The summed E-state index contributed by atoms with van der Waals surface area (Å²) in [6, 6.07) is 4.84. The zero-order chi connectivity index (χ0) is 17.8. The number of halogens is 2. The molecule has 3 rings (SSSR count). The zero-order valence-corrected chi connectivity index (χ0v) is 14.9. The van der Waals surface area contributed by atoms with Gasteiger partial charge in [0, 0.05) is 44.1 Å². The van der Waals surface area contributed by atoms with E-state index in [1.807, 2.05) is 0 Å². The molecule has 2 amide bonds. The van der Waals surface area contributed by atoms with Crippen LogP contribution in [0.5, 0.6) is 0 Å². The fourth-order valence-corrected chi connectivity index (χ4v) is 3.00. The summed E-state index contributed by atoms with van der Waals surface area (Å²) < 4.78 is 0. The topological polar surface area (TPSA) is 66.4 Å². The largest absolute Gasteiger partial charge is 0.337 e. The van der Waals surface area contributed by atoms with Crippen molar-refractivity contribution in [3.63, 3.8) is 0 Å². The highest BCUT2D eigenvalue weighted by Gasteiger charge is 2.24. The van der Waals surface area contributed by atoms with Crippen LogP contribution in [0.4, 0.5) is 0 Å². The molecule has 130 valence electrons. The Labute approximate surface area is 155 Å². The summed E-state index contributed by atoms with van der Waals surface area (Å²) in [6.07, 6.45) is 5.16. The summed E-state index contributed by atoms with van der Waals surface area (Å²) >= 11 is 11.9. The highest BCUT2D eigenvalue weighted by atomic mass is 35.5. The van der Waals surface area contributed by atoms with E-state index in [0.717, 1.165) is 0 Å². The van der Waals surface area contributed by atoms with Gasteiger partial charge in [0.15, 0.2) is 0 Å². The van der Waals surface area contributed by atoms with Gasteiger partial charge in [0.2, 0.25) is 0 Å². The van der Waals surface area contributed by atoms with Crippen LogP contribution in [0.2, 0.25) is 10.0 Å². The number of carbonyl (C=O) groups is 2. The molecule has 0 unspecified atom stereocenters. The number of hydrogen-bond acceptors (Lipinski definition) is 4. The zero-order valence-electron chi connectivity index (χ0n) is 13.4. The average molecular weight is 379 g/mol. The fourth-order valence-electron chi connectivity index (χ4n) is 2.71. The lowest BCUT2D eigenvalue weighted by atomic mass is 10.2. The predicted octanol–water partition coefficient (Wildman–Crippen LogP) is 2.77. The molecule has 1 aromatic carbocycles. The third kappa shape index (κ3) is 4.08. The second-order valence-corrected chi connectivity index (χ2v) is 6.47. The number of nitrogens with zero attached hydrogens (tertiary/aromatic N) is 4. The molecule has 1 aromatic heterocycles. The van der Waals surface area contributed by atoms with E-state index in [4.69, 9.17) is 23.2 Å². The van der Waals surface area contributed by atoms with Crippen LogP contribution in [0.25, 0.3) is 0 Å². The van der Waals surface area contributed by atoms with E-state index in [0.29, 0.717) is 53.9 Å². The van der Waals surface area contributed by atoms with Crippen molar-refractivity contribution in [2.75, 3.05) is 26.2 Å². The second kappa shape index (κ2) is 7.80. The van der Waals surface area contributed by atoms with Gasteiger partial charge in [-0.05, 0) is 24.6 Å². The van der Waals surface area contributed by atoms with E-state index in [1.165, 1.54) is 18.6 Å². The first-order valence-corrected chi connectivity index (χ1v) is 8.61. The Bertz CT molecular complexity index is 785. The lowest BCUT2D eigenvalue weighted by Gasteiger charge is -2.22. The van der Waals surface area contributed by atoms with Gasteiger partial charge in [-0.15, -0.1) is 0 Å². The molecule has 25 heavy (non-hydrogen) atoms. The van der Waals surface area contributed by atoms with Gasteiger partial charge in [0.05, 0.1) is 16.2 Å². The molecule has 2 heterocycles. The number of hydrogen-bond donors (Lipinski definition) is 0. The van der Waals surface area contributed by atoms with Crippen LogP contribution in [-0.4, -0.2) is 57.8 Å². The Morgan fingerprint density at radius 1 is 0.920 bits per heavy atom. The van der Waals surface area contributed by atoms with Crippen molar-refractivity contribution < 1.29 is 9.59 Å². The average Bonchev–Trinajstić information content (AvgIpc) is 2.89. The number of amides is 2. The van der Waals surface area contributed by atoms with Crippen molar-refractivity contribution in [2.45, 2.75) is 6.42 Å². The minimum atomic E-state index is -0.170. The Balaban J connectivity index is 1.68. The van der Waals surface area contributed by atoms with Gasteiger partial charge in [0.1, 0.15) is 5.69 Å². The normalized spacial score (nSPS) is 15.0. The molecule has 1 aliphatic heterocycles. The summed E-state index contributed by atoms with van der Waals surface area (Å²) in [6.45, 7) is 2.04. The minimum Gasteiger partial charge on any atom is -0.337 e. The van der Waals surface area contributed by atoms with Gasteiger partial charge in [-0.25, -0.2) is 4.98 Å². The maximum Gasteiger partial charge on any atom is 0.274 e. The van der Waals surface area contributed by atoms with Crippen LogP contribution in [0.15, 0.2) is 36.8 Å². The molecular formula is C17H16Cl2N4O2. The van der Waals surface area contributed by atoms with Gasteiger partial charge in [0.25, 0.3) is 11.8 Å². The first kappa shape index (κ1) is 17.6. The standard InChI is InChI=1S/C17H16Cl2N4O2/c18-13-3-2-12(10-14(13)19)16(24)22-6-1-7-23(9-8-22)17(25)15-11-20-4-5-21-15/h2-5,10-11H,1,6-9H2. The van der Waals surface area contributed by atoms with Gasteiger partial charge >= 0.3 is 0 Å². The van der Waals surface area contributed by atoms with Gasteiger partial charge in [-0.3, -0.25) is 14.6 Å². The number of rotatable bonds is 2. The smallest absolute Gasteiger partial charge is 0.274 e. The van der Waals surface area contributed by atoms with Crippen molar-refractivity contribution in [3.05, 3.63) is 58.1 Å². The molecule has 0 aliphatic carbocycles.